The Morgan fingerprint density at radius 3 is 2.74 bits per heavy atom. The number of hydrogen-bond acceptors (Lipinski definition) is 3. The largest absolute Gasteiger partial charge is 0.374 e. The molecule has 2 atom stereocenters. The second-order valence-corrected chi connectivity index (χ2v) is 5.87. The van der Waals surface area contributed by atoms with Gasteiger partial charge in [0.2, 0.25) is 0 Å². The minimum Gasteiger partial charge on any atom is -0.374 e. The molecular formula is C16H32N2O. The van der Waals surface area contributed by atoms with Gasteiger partial charge < -0.3 is 10.1 Å². The number of nitrogens with one attached hydrogen (secondary N) is 1. The van der Waals surface area contributed by atoms with E-state index in [4.69, 9.17) is 4.74 Å². The first-order valence-electron chi connectivity index (χ1n) is 7.84. The van der Waals surface area contributed by atoms with Crippen LogP contribution in [0.25, 0.3) is 0 Å². The summed E-state index contributed by atoms with van der Waals surface area (Å²) in [6, 6.07) is 1.02. The van der Waals surface area contributed by atoms with E-state index in [0.717, 1.165) is 45.5 Å². The third-order valence-electron chi connectivity index (χ3n) is 3.97. The van der Waals surface area contributed by atoms with Gasteiger partial charge in [0.15, 0.2) is 0 Å². The minimum absolute atomic E-state index is 0.297. The lowest BCUT2D eigenvalue weighted by molar-refractivity contribution is -0.0552. The van der Waals surface area contributed by atoms with Crippen molar-refractivity contribution in [2.24, 2.45) is 0 Å². The summed E-state index contributed by atoms with van der Waals surface area (Å²) in [5.74, 6) is 0. The van der Waals surface area contributed by atoms with Crippen LogP contribution in [0.3, 0.4) is 0 Å². The molecule has 3 heteroatoms. The summed E-state index contributed by atoms with van der Waals surface area (Å²) in [4.78, 5) is 2.52. The van der Waals surface area contributed by atoms with Crippen LogP contribution in [-0.4, -0.2) is 49.3 Å². The van der Waals surface area contributed by atoms with Gasteiger partial charge in [0, 0.05) is 25.2 Å². The first-order chi connectivity index (χ1) is 9.08. The van der Waals surface area contributed by atoms with Crippen molar-refractivity contribution < 1.29 is 4.74 Å². The molecule has 1 N–H and O–H groups in total. The maximum absolute atomic E-state index is 6.02. The fourth-order valence-corrected chi connectivity index (χ4v) is 2.53. The fourth-order valence-electron chi connectivity index (χ4n) is 2.53. The monoisotopic (exact) mass is 268 g/mol. The Morgan fingerprint density at radius 2 is 2.16 bits per heavy atom. The van der Waals surface area contributed by atoms with Gasteiger partial charge in [0.05, 0.1) is 12.7 Å². The van der Waals surface area contributed by atoms with E-state index in [2.05, 4.69) is 44.5 Å². The van der Waals surface area contributed by atoms with Crippen LogP contribution in [-0.2, 0) is 4.74 Å². The quantitative estimate of drug-likeness (QED) is 0.685. The normalized spacial score (nSPS) is 22.7. The molecule has 3 nitrogen and oxygen atoms in total. The summed E-state index contributed by atoms with van der Waals surface area (Å²) in [7, 11) is 0. The SMILES string of the molecule is C=C(CC)CC(NCCC)C1CN(C(C)C)CCO1. The van der Waals surface area contributed by atoms with Crippen molar-refractivity contribution in [3.8, 4) is 0 Å². The van der Waals surface area contributed by atoms with Crippen molar-refractivity contribution in [2.75, 3.05) is 26.2 Å². The van der Waals surface area contributed by atoms with Crippen LogP contribution in [0.4, 0.5) is 0 Å². The minimum atomic E-state index is 0.297. The Balaban J connectivity index is 2.59. The molecule has 0 amide bonds. The Morgan fingerprint density at radius 1 is 1.42 bits per heavy atom. The second-order valence-electron chi connectivity index (χ2n) is 5.87. The zero-order valence-electron chi connectivity index (χ0n) is 13.2. The molecule has 0 radical (unpaired) electrons. The van der Waals surface area contributed by atoms with Crippen LogP contribution in [0.15, 0.2) is 12.2 Å². The smallest absolute Gasteiger partial charge is 0.0858 e. The molecule has 1 aliphatic rings. The Hall–Kier alpha value is -0.380. The highest BCUT2D eigenvalue weighted by Crippen LogP contribution is 2.17. The molecule has 2 unspecified atom stereocenters. The van der Waals surface area contributed by atoms with Crippen LogP contribution in [0, 0.1) is 0 Å². The highest BCUT2D eigenvalue weighted by atomic mass is 16.5. The first kappa shape index (κ1) is 16.7. The van der Waals surface area contributed by atoms with Crippen molar-refractivity contribution in [1.82, 2.24) is 10.2 Å². The predicted molar refractivity (Wildman–Crippen MR) is 82.6 cm³/mol. The topological polar surface area (TPSA) is 24.5 Å². The van der Waals surface area contributed by atoms with Gasteiger partial charge >= 0.3 is 0 Å². The molecule has 19 heavy (non-hydrogen) atoms. The summed E-state index contributed by atoms with van der Waals surface area (Å²) < 4.78 is 6.02. The van der Waals surface area contributed by atoms with Crippen molar-refractivity contribution in [3.05, 3.63) is 12.2 Å². The molecule has 0 spiro atoms. The van der Waals surface area contributed by atoms with Gasteiger partial charge in [-0.15, -0.1) is 0 Å². The predicted octanol–water partition coefficient (Wildman–Crippen LogP) is 2.82. The average molecular weight is 268 g/mol. The highest BCUT2D eigenvalue weighted by molar-refractivity contribution is 4.99. The van der Waals surface area contributed by atoms with Gasteiger partial charge in [-0.2, -0.15) is 0 Å². The zero-order chi connectivity index (χ0) is 14.3. The molecule has 0 saturated carbocycles. The summed E-state index contributed by atoms with van der Waals surface area (Å²) >= 11 is 0. The van der Waals surface area contributed by atoms with Gasteiger partial charge in [-0.25, -0.2) is 0 Å². The first-order valence-corrected chi connectivity index (χ1v) is 7.84. The van der Waals surface area contributed by atoms with Crippen LogP contribution in [0.2, 0.25) is 0 Å². The van der Waals surface area contributed by atoms with E-state index >= 15 is 0 Å². The van der Waals surface area contributed by atoms with E-state index in [1.54, 1.807) is 0 Å². The number of hydrogen-bond donors (Lipinski definition) is 1. The number of ether oxygens (including phenoxy) is 1. The lowest BCUT2D eigenvalue weighted by Crippen LogP contribution is -2.54. The molecule has 1 rings (SSSR count). The molecule has 0 aliphatic carbocycles. The van der Waals surface area contributed by atoms with Crippen molar-refractivity contribution in [1.29, 1.82) is 0 Å². The van der Waals surface area contributed by atoms with Gasteiger partial charge in [-0.1, -0.05) is 26.0 Å². The van der Waals surface area contributed by atoms with Crippen molar-refractivity contribution in [2.45, 2.75) is 65.1 Å². The third kappa shape index (κ3) is 5.64. The van der Waals surface area contributed by atoms with Gasteiger partial charge in [-0.05, 0) is 39.7 Å². The van der Waals surface area contributed by atoms with E-state index in [1.807, 2.05) is 0 Å². The molecule has 112 valence electrons. The molecule has 1 fully saturated rings. The molecule has 1 heterocycles. The number of rotatable bonds is 8. The highest BCUT2D eigenvalue weighted by Gasteiger charge is 2.28. The molecule has 1 aliphatic heterocycles. The maximum atomic E-state index is 6.02. The van der Waals surface area contributed by atoms with E-state index < -0.39 is 0 Å². The summed E-state index contributed by atoms with van der Waals surface area (Å²) in [6.45, 7) is 17.1. The lowest BCUT2D eigenvalue weighted by Gasteiger charge is -2.39. The van der Waals surface area contributed by atoms with Crippen LogP contribution in [0.1, 0.15) is 47.0 Å². The zero-order valence-corrected chi connectivity index (χ0v) is 13.2. The molecule has 1 saturated heterocycles. The summed E-state index contributed by atoms with van der Waals surface area (Å²) in [6.07, 6.45) is 3.55. The summed E-state index contributed by atoms with van der Waals surface area (Å²) in [5.41, 5.74) is 1.32. The average Bonchev–Trinajstić information content (AvgIpc) is 2.43. The molecule has 0 aromatic carbocycles. The summed E-state index contributed by atoms with van der Waals surface area (Å²) in [5, 5.41) is 3.65. The standard InChI is InChI=1S/C16H32N2O/c1-6-8-17-15(11-14(5)7-2)16-12-18(13(3)4)9-10-19-16/h13,15-17H,5-12H2,1-4H3. The molecule has 0 aromatic rings. The maximum Gasteiger partial charge on any atom is 0.0858 e. The Kier molecular flexibility index (Phi) is 7.66. The van der Waals surface area contributed by atoms with Gasteiger partial charge in [-0.3, -0.25) is 4.90 Å². The fraction of sp³-hybridized carbons (Fsp3) is 0.875. The number of nitrogens with zero attached hydrogens (tertiary/aromatic N) is 1. The van der Waals surface area contributed by atoms with E-state index in [9.17, 15) is 0 Å². The van der Waals surface area contributed by atoms with Crippen molar-refractivity contribution in [3.63, 3.8) is 0 Å². The van der Waals surface area contributed by atoms with E-state index in [1.165, 1.54) is 5.57 Å². The Bertz CT molecular complexity index is 265. The second kappa shape index (κ2) is 8.72. The van der Waals surface area contributed by atoms with Crippen LogP contribution < -0.4 is 5.32 Å². The third-order valence-corrected chi connectivity index (χ3v) is 3.97. The molecule has 0 bridgehead atoms. The van der Waals surface area contributed by atoms with E-state index in [-0.39, 0.29) is 0 Å². The molecular weight excluding hydrogens is 236 g/mol. The molecule has 0 aromatic heterocycles. The number of morpholine rings is 1. The van der Waals surface area contributed by atoms with E-state index in [0.29, 0.717) is 18.2 Å². The lowest BCUT2D eigenvalue weighted by atomic mass is 9.99. The van der Waals surface area contributed by atoms with Crippen molar-refractivity contribution >= 4 is 0 Å². The van der Waals surface area contributed by atoms with Crippen LogP contribution in [0.5, 0.6) is 0 Å². The van der Waals surface area contributed by atoms with Gasteiger partial charge in [0.1, 0.15) is 0 Å². The van der Waals surface area contributed by atoms with Crippen LogP contribution >= 0.6 is 0 Å². The Labute approximate surface area is 119 Å². The van der Waals surface area contributed by atoms with Gasteiger partial charge in [0.25, 0.3) is 0 Å².